The van der Waals surface area contributed by atoms with E-state index in [2.05, 4.69) is 25.8 Å². The maximum absolute atomic E-state index is 13.0. The van der Waals surface area contributed by atoms with Crippen molar-refractivity contribution in [1.29, 1.82) is 0 Å². The van der Waals surface area contributed by atoms with E-state index in [0.29, 0.717) is 37.0 Å². The van der Waals surface area contributed by atoms with Gasteiger partial charge in [-0.1, -0.05) is 51.1 Å². The van der Waals surface area contributed by atoms with Crippen molar-refractivity contribution < 1.29 is 19.0 Å². The summed E-state index contributed by atoms with van der Waals surface area (Å²) in [6.45, 7) is 7.47. The van der Waals surface area contributed by atoms with Crippen molar-refractivity contribution in [3.8, 4) is 28.5 Å². The van der Waals surface area contributed by atoms with Crippen LogP contribution in [0.4, 0.5) is 5.69 Å². The Bertz CT molecular complexity index is 1090. The van der Waals surface area contributed by atoms with E-state index in [1.165, 1.54) is 0 Å². The van der Waals surface area contributed by atoms with Crippen LogP contribution in [0.15, 0.2) is 66.9 Å². The van der Waals surface area contributed by atoms with Crippen LogP contribution in [-0.2, 0) is 4.79 Å². The highest BCUT2D eigenvalue weighted by Crippen LogP contribution is 2.35. The lowest BCUT2D eigenvalue weighted by atomic mass is 9.99. The Labute approximate surface area is 195 Å². The molecule has 1 aliphatic rings. The standard InChI is InChI=1S/C27H30N2O4/c1-27(2,3)18-32-22-12-11-21(16-24(22)31-4)29-15-14-23(26(29)30)33-25-13-10-20(17-28-25)19-8-6-5-7-9-19/h5-13,16-17,23H,14-15,18H2,1-4H3. The number of benzene rings is 2. The van der Waals surface area contributed by atoms with Crippen molar-refractivity contribution in [1.82, 2.24) is 4.98 Å². The van der Waals surface area contributed by atoms with Gasteiger partial charge in [-0.05, 0) is 29.2 Å². The molecule has 6 nitrogen and oxygen atoms in total. The average molecular weight is 447 g/mol. The van der Waals surface area contributed by atoms with Gasteiger partial charge in [0, 0.05) is 42.5 Å². The lowest BCUT2D eigenvalue weighted by Gasteiger charge is -2.22. The molecule has 6 heteroatoms. The Kier molecular flexibility index (Phi) is 6.54. The third kappa shape index (κ3) is 5.45. The lowest BCUT2D eigenvalue weighted by molar-refractivity contribution is -0.123. The van der Waals surface area contributed by atoms with Crippen LogP contribution < -0.4 is 19.1 Å². The molecule has 0 saturated carbocycles. The largest absolute Gasteiger partial charge is 0.493 e. The van der Waals surface area contributed by atoms with E-state index in [1.54, 1.807) is 18.2 Å². The Hall–Kier alpha value is -3.54. The van der Waals surface area contributed by atoms with Gasteiger partial charge in [0.1, 0.15) is 0 Å². The fourth-order valence-corrected chi connectivity index (χ4v) is 3.65. The van der Waals surface area contributed by atoms with Gasteiger partial charge in [0.25, 0.3) is 5.91 Å². The van der Waals surface area contributed by atoms with Crippen molar-refractivity contribution in [2.75, 3.05) is 25.2 Å². The first-order valence-electron chi connectivity index (χ1n) is 11.1. The topological polar surface area (TPSA) is 60.9 Å². The maximum Gasteiger partial charge on any atom is 0.268 e. The minimum absolute atomic E-state index is 0.0342. The fraction of sp³-hybridized carbons (Fsp3) is 0.333. The number of anilines is 1. The van der Waals surface area contributed by atoms with E-state index in [-0.39, 0.29) is 11.3 Å². The summed E-state index contributed by atoms with van der Waals surface area (Å²) in [5, 5.41) is 0. The second kappa shape index (κ2) is 9.53. The molecule has 1 aliphatic heterocycles. The number of rotatable bonds is 7. The van der Waals surface area contributed by atoms with E-state index in [9.17, 15) is 4.79 Å². The monoisotopic (exact) mass is 446 g/mol. The lowest BCUT2D eigenvalue weighted by Crippen LogP contribution is -2.32. The Morgan fingerprint density at radius 1 is 1.00 bits per heavy atom. The van der Waals surface area contributed by atoms with Gasteiger partial charge in [0.2, 0.25) is 5.88 Å². The number of carbonyl (C=O) groups is 1. The summed E-state index contributed by atoms with van der Waals surface area (Å²) in [4.78, 5) is 19.2. The molecule has 1 atom stereocenters. The SMILES string of the molecule is COc1cc(N2CCC(Oc3ccc(-c4ccccc4)cn3)C2=O)ccc1OCC(C)(C)C. The number of hydrogen-bond acceptors (Lipinski definition) is 5. The summed E-state index contributed by atoms with van der Waals surface area (Å²) >= 11 is 0. The zero-order valence-electron chi connectivity index (χ0n) is 19.6. The van der Waals surface area contributed by atoms with Gasteiger partial charge in [-0.2, -0.15) is 0 Å². The van der Waals surface area contributed by atoms with E-state index in [1.807, 2.05) is 60.7 Å². The number of amides is 1. The molecule has 0 radical (unpaired) electrons. The molecule has 4 rings (SSSR count). The van der Waals surface area contributed by atoms with Crippen LogP contribution in [0.3, 0.4) is 0 Å². The molecule has 1 unspecified atom stereocenters. The molecule has 1 aromatic heterocycles. The van der Waals surface area contributed by atoms with Crippen LogP contribution in [0, 0.1) is 5.41 Å². The number of aromatic nitrogens is 1. The number of nitrogens with zero attached hydrogens (tertiary/aromatic N) is 2. The van der Waals surface area contributed by atoms with Gasteiger partial charge in [-0.3, -0.25) is 4.79 Å². The van der Waals surface area contributed by atoms with Crippen LogP contribution in [0.2, 0.25) is 0 Å². The van der Waals surface area contributed by atoms with Gasteiger partial charge in [0.15, 0.2) is 17.6 Å². The minimum atomic E-state index is -0.567. The first kappa shape index (κ1) is 22.6. The van der Waals surface area contributed by atoms with E-state index in [4.69, 9.17) is 14.2 Å². The summed E-state index contributed by atoms with van der Waals surface area (Å²) in [5.74, 6) is 1.62. The van der Waals surface area contributed by atoms with Crippen LogP contribution in [0.1, 0.15) is 27.2 Å². The third-order valence-corrected chi connectivity index (χ3v) is 5.38. The van der Waals surface area contributed by atoms with Gasteiger partial charge >= 0.3 is 0 Å². The Morgan fingerprint density at radius 3 is 2.45 bits per heavy atom. The van der Waals surface area contributed by atoms with Crippen LogP contribution in [0.25, 0.3) is 11.1 Å². The summed E-state index contributed by atoms with van der Waals surface area (Å²) in [6.07, 6.45) is 1.79. The quantitative estimate of drug-likeness (QED) is 0.489. The molecule has 0 bridgehead atoms. The summed E-state index contributed by atoms with van der Waals surface area (Å²) in [6, 6.07) is 19.4. The molecule has 0 spiro atoms. The number of hydrogen-bond donors (Lipinski definition) is 0. The van der Waals surface area contributed by atoms with Crippen molar-refractivity contribution in [2.24, 2.45) is 5.41 Å². The van der Waals surface area contributed by atoms with E-state index >= 15 is 0 Å². The van der Waals surface area contributed by atoms with Crippen molar-refractivity contribution in [3.63, 3.8) is 0 Å². The predicted octanol–water partition coefficient (Wildman–Crippen LogP) is 5.37. The van der Waals surface area contributed by atoms with E-state index in [0.717, 1.165) is 16.8 Å². The van der Waals surface area contributed by atoms with Gasteiger partial charge in [-0.15, -0.1) is 0 Å². The molecule has 3 aromatic rings. The second-order valence-electron chi connectivity index (χ2n) is 9.32. The zero-order chi connectivity index (χ0) is 23.4. The number of carbonyl (C=O) groups excluding carboxylic acids is 1. The first-order chi connectivity index (χ1) is 15.8. The second-order valence-corrected chi connectivity index (χ2v) is 9.32. The van der Waals surface area contributed by atoms with Crippen molar-refractivity contribution in [3.05, 3.63) is 66.9 Å². The molecule has 1 amide bonds. The van der Waals surface area contributed by atoms with Crippen molar-refractivity contribution in [2.45, 2.75) is 33.3 Å². The highest BCUT2D eigenvalue weighted by atomic mass is 16.5. The van der Waals surface area contributed by atoms with E-state index < -0.39 is 6.10 Å². The van der Waals surface area contributed by atoms with Crippen LogP contribution >= 0.6 is 0 Å². The number of methoxy groups -OCH3 is 1. The number of pyridine rings is 1. The third-order valence-electron chi connectivity index (χ3n) is 5.38. The summed E-state index contributed by atoms with van der Waals surface area (Å²) < 4.78 is 17.4. The molecule has 2 heterocycles. The molecule has 1 saturated heterocycles. The number of ether oxygens (including phenoxy) is 3. The van der Waals surface area contributed by atoms with Gasteiger partial charge in [-0.25, -0.2) is 4.98 Å². The molecule has 33 heavy (non-hydrogen) atoms. The minimum Gasteiger partial charge on any atom is -0.493 e. The van der Waals surface area contributed by atoms with Gasteiger partial charge < -0.3 is 19.1 Å². The molecule has 2 aromatic carbocycles. The fourth-order valence-electron chi connectivity index (χ4n) is 3.65. The molecule has 0 N–H and O–H groups in total. The summed E-state index contributed by atoms with van der Waals surface area (Å²) in [7, 11) is 1.60. The predicted molar refractivity (Wildman–Crippen MR) is 129 cm³/mol. The van der Waals surface area contributed by atoms with Crippen LogP contribution in [-0.4, -0.2) is 37.3 Å². The summed E-state index contributed by atoms with van der Waals surface area (Å²) in [5.41, 5.74) is 2.89. The Morgan fingerprint density at radius 2 is 1.79 bits per heavy atom. The molecule has 0 aliphatic carbocycles. The smallest absolute Gasteiger partial charge is 0.268 e. The highest BCUT2D eigenvalue weighted by Gasteiger charge is 2.35. The first-order valence-corrected chi connectivity index (χ1v) is 11.1. The average Bonchev–Trinajstić information content (AvgIpc) is 3.18. The Balaban J connectivity index is 1.42. The molecular weight excluding hydrogens is 416 g/mol. The van der Waals surface area contributed by atoms with Crippen LogP contribution in [0.5, 0.6) is 17.4 Å². The zero-order valence-corrected chi connectivity index (χ0v) is 19.6. The molecule has 172 valence electrons. The highest BCUT2D eigenvalue weighted by molar-refractivity contribution is 5.99. The maximum atomic E-state index is 13.0. The molecular formula is C27H30N2O4. The molecule has 1 fully saturated rings. The van der Waals surface area contributed by atoms with Gasteiger partial charge in [0.05, 0.1) is 13.7 Å². The normalized spacial score (nSPS) is 16.1. The van der Waals surface area contributed by atoms with Crippen molar-refractivity contribution >= 4 is 11.6 Å².